The number of carbonyl (C=O) groups is 1. The third-order valence-corrected chi connectivity index (χ3v) is 5.71. The summed E-state index contributed by atoms with van der Waals surface area (Å²) in [5.74, 6) is -0.338. The molecule has 3 rings (SSSR count). The highest BCUT2D eigenvalue weighted by atomic mass is 32.1. The highest BCUT2D eigenvalue weighted by molar-refractivity contribution is 7.17. The number of thiazole rings is 1. The Kier molecular flexibility index (Phi) is 5.10. The van der Waals surface area contributed by atoms with Gasteiger partial charge in [-0.15, -0.1) is 11.3 Å². The van der Waals surface area contributed by atoms with Gasteiger partial charge in [-0.05, 0) is 45.4 Å². The monoisotopic (exact) mass is 367 g/mol. The Labute approximate surface area is 156 Å². The average molecular weight is 367 g/mol. The van der Waals surface area contributed by atoms with E-state index < -0.39 is 0 Å². The maximum atomic E-state index is 12.0. The van der Waals surface area contributed by atoms with Crippen molar-refractivity contribution in [2.24, 2.45) is 0 Å². The summed E-state index contributed by atoms with van der Waals surface area (Å²) in [7, 11) is 0. The van der Waals surface area contributed by atoms with Crippen LogP contribution < -0.4 is 0 Å². The SMILES string of the molecule is CCOC(=O)c1sc(-c2ccc3c(c2)c(C#N)cn3C(C)CC)nc1C. The highest BCUT2D eigenvalue weighted by Crippen LogP contribution is 2.33. The summed E-state index contributed by atoms with van der Waals surface area (Å²) in [5.41, 5.74) is 3.26. The minimum absolute atomic E-state index is 0.322. The van der Waals surface area contributed by atoms with Gasteiger partial charge in [0.15, 0.2) is 0 Å². The minimum Gasteiger partial charge on any atom is -0.462 e. The quantitative estimate of drug-likeness (QED) is 0.589. The van der Waals surface area contributed by atoms with Gasteiger partial charge in [0, 0.05) is 28.7 Å². The number of rotatable bonds is 5. The van der Waals surface area contributed by atoms with E-state index in [1.807, 2.05) is 31.3 Å². The molecule has 0 aliphatic carbocycles. The van der Waals surface area contributed by atoms with Crippen molar-refractivity contribution >= 4 is 28.2 Å². The van der Waals surface area contributed by atoms with E-state index in [4.69, 9.17) is 4.74 Å². The number of ether oxygens (including phenoxy) is 1. The molecule has 1 unspecified atom stereocenters. The first-order valence-electron chi connectivity index (χ1n) is 8.69. The summed E-state index contributed by atoms with van der Waals surface area (Å²) in [6.07, 6.45) is 2.91. The first kappa shape index (κ1) is 18.2. The van der Waals surface area contributed by atoms with Crippen LogP contribution >= 0.6 is 11.3 Å². The first-order valence-corrected chi connectivity index (χ1v) is 9.51. The molecule has 2 aromatic heterocycles. The molecule has 0 amide bonds. The van der Waals surface area contributed by atoms with Gasteiger partial charge in [-0.25, -0.2) is 9.78 Å². The van der Waals surface area contributed by atoms with Crippen LogP contribution in [0.5, 0.6) is 0 Å². The second-order valence-corrected chi connectivity index (χ2v) is 7.20. The molecule has 3 aromatic rings. The van der Waals surface area contributed by atoms with Crippen LogP contribution in [0.1, 0.15) is 54.2 Å². The molecule has 0 spiro atoms. The minimum atomic E-state index is -0.338. The van der Waals surface area contributed by atoms with E-state index in [-0.39, 0.29) is 5.97 Å². The Bertz CT molecular complexity index is 1010. The van der Waals surface area contributed by atoms with Gasteiger partial charge in [0.2, 0.25) is 0 Å². The number of hydrogen-bond acceptors (Lipinski definition) is 5. The van der Waals surface area contributed by atoms with Gasteiger partial charge in [0.05, 0.1) is 17.9 Å². The van der Waals surface area contributed by atoms with Crippen LogP contribution in [0, 0.1) is 18.3 Å². The van der Waals surface area contributed by atoms with Crippen LogP contribution in [-0.4, -0.2) is 22.1 Å². The summed E-state index contributed by atoms with van der Waals surface area (Å²) in [4.78, 5) is 17.1. The van der Waals surface area contributed by atoms with Crippen molar-refractivity contribution < 1.29 is 9.53 Å². The number of carbonyl (C=O) groups excluding carboxylic acids is 1. The third kappa shape index (κ3) is 3.11. The maximum Gasteiger partial charge on any atom is 0.350 e. The van der Waals surface area contributed by atoms with Gasteiger partial charge in [-0.1, -0.05) is 6.92 Å². The number of fused-ring (bicyclic) bond motifs is 1. The Balaban J connectivity index is 2.09. The number of hydrogen-bond donors (Lipinski definition) is 0. The molecule has 5 nitrogen and oxygen atoms in total. The van der Waals surface area contributed by atoms with Gasteiger partial charge in [0.25, 0.3) is 0 Å². The first-order chi connectivity index (χ1) is 12.5. The molecule has 2 heterocycles. The van der Waals surface area contributed by atoms with E-state index in [1.54, 1.807) is 6.92 Å². The lowest BCUT2D eigenvalue weighted by Crippen LogP contribution is -2.03. The van der Waals surface area contributed by atoms with Crippen LogP contribution in [0.25, 0.3) is 21.5 Å². The van der Waals surface area contributed by atoms with E-state index in [9.17, 15) is 10.1 Å². The molecule has 26 heavy (non-hydrogen) atoms. The lowest BCUT2D eigenvalue weighted by Gasteiger charge is -2.12. The number of esters is 1. The summed E-state index contributed by atoms with van der Waals surface area (Å²) in [6, 6.07) is 8.62. The topological polar surface area (TPSA) is 67.9 Å². The Morgan fingerprint density at radius 2 is 2.19 bits per heavy atom. The summed E-state index contributed by atoms with van der Waals surface area (Å²) in [5, 5.41) is 11.2. The zero-order chi connectivity index (χ0) is 18.8. The molecule has 1 aromatic carbocycles. The van der Waals surface area contributed by atoms with Crippen molar-refractivity contribution in [3.8, 4) is 16.6 Å². The fourth-order valence-corrected chi connectivity index (χ4v) is 3.90. The smallest absolute Gasteiger partial charge is 0.350 e. The molecule has 0 fully saturated rings. The van der Waals surface area contributed by atoms with E-state index in [1.165, 1.54) is 11.3 Å². The molecule has 0 saturated heterocycles. The zero-order valence-electron chi connectivity index (χ0n) is 15.4. The predicted octanol–water partition coefficient (Wildman–Crippen LogP) is 5.09. The van der Waals surface area contributed by atoms with Crippen LogP contribution in [0.4, 0.5) is 0 Å². The van der Waals surface area contributed by atoms with Crippen molar-refractivity contribution in [2.75, 3.05) is 6.61 Å². The van der Waals surface area contributed by atoms with Crippen LogP contribution in [0.15, 0.2) is 24.4 Å². The fourth-order valence-electron chi connectivity index (χ4n) is 2.94. The van der Waals surface area contributed by atoms with Crippen molar-refractivity contribution in [3.05, 3.63) is 40.5 Å². The molecule has 0 N–H and O–H groups in total. The Morgan fingerprint density at radius 3 is 2.85 bits per heavy atom. The molecular weight excluding hydrogens is 346 g/mol. The van der Waals surface area contributed by atoms with Crippen molar-refractivity contribution in [1.82, 2.24) is 9.55 Å². The normalized spacial score (nSPS) is 12.1. The molecular formula is C20H21N3O2S. The van der Waals surface area contributed by atoms with Crippen LogP contribution in [0.3, 0.4) is 0 Å². The standard InChI is InChI=1S/C20H21N3O2S/c1-5-12(3)23-11-15(10-21)16-9-14(7-8-17(16)23)19-22-13(4)18(26-19)20(24)25-6-2/h7-9,11-12H,5-6H2,1-4H3. The number of benzene rings is 1. The van der Waals surface area contributed by atoms with E-state index >= 15 is 0 Å². The molecule has 6 heteroatoms. The van der Waals surface area contributed by atoms with Crippen LogP contribution in [0.2, 0.25) is 0 Å². The summed E-state index contributed by atoms with van der Waals surface area (Å²) < 4.78 is 7.24. The predicted molar refractivity (Wildman–Crippen MR) is 103 cm³/mol. The number of aromatic nitrogens is 2. The number of aryl methyl sites for hydroxylation is 1. The van der Waals surface area contributed by atoms with Gasteiger partial charge in [-0.2, -0.15) is 5.26 Å². The zero-order valence-corrected chi connectivity index (χ0v) is 16.2. The molecule has 1 atom stereocenters. The molecule has 134 valence electrons. The highest BCUT2D eigenvalue weighted by Gasteiger charge is 2.18. The lowest BCUT2D eigenvalue weighted by atomic mass is 10.1. The van der Waals surface area contributed by atoms with Crippen molar-refractivity contribution in [2.45, 2.75) is 40.2 Å². The van der Waals surface area contributed by atoms with Gasteiger partial charge >= 0.3 is 5.97 Å². The molecule has 0 aliphatic heterocycles. The average Bonchev–Trinajstić information content (AvgIpc) is 3.21. The third-order valence-electron chi connectivity index (χ3n) is 4.52. The fraction of sp³-hybridized carbons (Fsp3) is 0.350. The molecule has 0 saturated carbocycles. The number of nitrogens with zero attached hydrogens (tertiary/aromatic N) is 3. The van der Waals surface area contributed by atoms with Crippen molar-refractivity contribution in [1.29, 1.82) is 5.26 Å². The Morgan fingerprint density at radius 1 is 1.42 bits per heavy atom. The second kappa shape index (κ2) is 7.30. The van der Waals surface area contributed by atoms with Gasteiger partial charge in [-0.3, -0.25) is 0 Å². The van der Waals surface area contributed by atoms with Crippen molar-refractivity contribution in [3.63, 3.8) is 0 Å². The van der Waals surface area contributed by atoms with Crippen LogP contribution in [-0.2, 0) is 4.74 Å². The molecule has 0 aliphatic rings. The maximum absolute atomic E-state index is 12.0. The van der Waals surface area contributed by atoms with E-state index in [2.05, 4.69) is 29.5 Å². The second-order valence-electron chi connectivity index (χ2n) is 6.21. The van der Waals surface area contributed by atoms with Gasteiger partial charge in [0.1, 0.15) is 16.0 Å². The number of nitriles is 1. The van der Waals surface area contributed by atoms with E-state index in [0.29, 0.717) is 28.8 Å². The summed E-state index contributed by atoms with van der Waals surface area (Å²) >= 11 is 1.32. The Hall–Kier alpha value is -2.65. The van der Waals surface area contributed by atoms with Gasteiger partial charge < -0.3 is 9.30 Å². The summed E-state index contributed by atoms with van der Waals surface area (Å²) in [6.45, 7) is 8.21. The largest absolute Gasteiger partial charge is 0.462 e. The van der Waals surface area contributed by atoms with E-state index in [0.717, 1.165) is 27.9 Å². The molecule has 0 radical (unpaired) electrons. The molecule has 0 bridgehead atoms. The lowest BCUT2D eigenvalue weighted by molar-refractivity contribution is 0.0531.